The minimum Gasteiger partial charge on any atom is -0.497 e. The summed E-state index contributed by atoms with van der Waals surface area (Å²) in [5, 5.41) is 9.41. The van der Waals surface area contributed by atoms with Crippen LogP contribution in [0.4, 0.5) is 0 Å². The van der Waals surface area contributed by atoms with Gasteiger partial charge in [-0.1, -0.05) is 11.6 Å². The number of benzene rings is 1. The Morgan fingerprint density at radius 1 is 1.30 bits per heavy atom. The highest BCUT2D eigenvalue weighted by Gasteiger charge is 2.39. The van der Waals surface area contributed by atoms with Crippen LogP contribution in [-0.2, 0) is 11.2 Å². The lowest BCUT2D eigenvalue weighted by Crippen LogP contribution is -2.31. The van der Waals surface area contributed by atoms with Gasteiger partial charge in [-0.25, -0.2) is 0 Å². The predicted molar refractivity (Wildman–Crippen MR) is 77.8 cm³/mol. The van der Waals surface area contributed by atoms with Gasteiger partial charge < -0.3 is 9.84 Å². The van der Waals surface area contributed by atoms with Gasteiger partial charge in [-0.2, -0.15) is 0 Å². The Hall–Kier alpha value is -1.77. The van der Waals surface area contributed by atoms with E-state index in [0.717, 1.165) is 31.4 Å². The third kappa shape index (κ3) is 2.01. The number of carboxylic acids is 1. The Morgan fingerprint density at radius 2 is 2.10 bits per heavy atom. The largest absolute Gasteiger partial charge is 0.497 e. The molecule has 0 heterocycles. The zero-order valence-electron chi connectivity index (χ0n) is 12.0. The molecule has 1 aromatic carbocycles. The monoisotopic (exact) mass is 272 g/mol. The van der Waals surface area contributed by atoms with Crippen molar-refractivity contribution >= 4 is 11.5 Å². The van der Waals surface area contributed by atoms with Crippen molar-refractivity contribution in [2.24, 2.45) is 5.41 Å². The number of allylic oxidation sites excluding steroid dienone is 2. The normalized spacial score (nSPS) is 24.9. The van der Waals surface area contributed by atoms with Crippen molar-refractivity contribution in [3.63, 3.8) is 0 Å². The molecule has 3 nitrogen and oxygen atoms in total. The first-order valence-electron chi connectivity index (χ1n) is 7.15. The van der Waals surface area contributed by atoms with Gasteiger partial charge >= 0.3 is 5.97 Å². The van der Waals surface area contributed by atoms with Crippen molar-refractivity contribution in [1.29, 1.82) is 0 Å². The van der Waals surface area contributed by atoms with Crippen LogP contribution in [0.15, 0.2) is 23.8 Å². The Morgan fingerprint density at radius 3 is 2.80 bits per heavy atom. The highest BCUT2D eigenvalue weighted by atomic mass is 16.5. The van der Waals surface area contributed by atoms with E-state index in [4.69, 9.17) is 4.74 Å². The fourth-order valence-electron chi connectivity index (χ4n) is 3.47. The van der Waals surface area contributed by atoms with E-state index in [2.05, 4.69) is 12.1 Å². The molecule has 0 amide bonds. The van der Waals surface area contributed by atoms with Crippen LogP contribution in [0.5, 0.6) is 5.75 Å². The number of methoxy groups -OCH3 is 1. The zero-order valence-corrected chi connectivity index (χ0v) is 12.0. The summed E-state index contributed by atoms with van der Waals surface area (Å²) in [5.41, 5.74) is 4.79. The number of ether oxygens (including phenoxy) is 1. The minimum atomic E-state index is -0.662. The SMILES string of the molecule is COc1ccc2c(c1)CCC1=C2CCC(C)(C(=O)O)C1. The van der Waals surface area contributed by atoms with Crippen molar-refractivity contribution in [2.75, 3.05) is 7.11 Å². The minimum absolute atomic E-state index is 0.581. The molecule has 0 bridgehead atoms. The second kappa shape index (κ2) is 4.65. The molecule has 106 valence electrons. The maximum absolute atomic E-state index is 11.4. The van der Waals surface area contributed by atoms with Crippen LogP contribution in [0, 0.1) is 5.41 Å². The lowest BCUT2D eigenvalue weighted by molar-refractivity contribution is -0.148. The van der Waals surface area contributed by atoms with Gasteiger partial charge in [0.1, 0.15) is 5.75 Å². The third-order valence-corrected chi connectivity index (χ3v) is 4.81. The third-order valence-electron chi connectivity index (χ3n) is 4.81. The van der Waals surface area contributed by atoms with Crippen molar-refractivity contribution in [1.82, 2.24) is 0 Å². The summed E-state index contributed by atoms with van der Waals surface area (Å²) in [5.74, 6) is 0.239. The Balaban J connectivity index is 1.99. The Labute approximate surface area is 119 Å². The molecule has 0 saturated heterocycles. The molecule has 0 aliphatic heterocycles. The second-order valence-electron chi connectivity index (χ2n) is 6.15. The summed E-state index contributed by atoms with van der Waals surface area (Å²) in [6.07, 6.45) is 4.27. The summed E-state index contributed by atoms with van der Waals surface area (Å²) >= 11 is 0. The highest BCUT2D eigenvalue weighted by molar-refractivity contribution is 5.80. The van der Waals surface area contributed by atoms with E-state index in [0.29, 0.717) is 6.42 Å². The van der Waals surface area contributed by atoms with E-state index in [-0.39, 0.29) is 0 Å². The fraction of sp³-hybridized carbons (Fsp3) is 0.471. The second-order valence-corrected chi connectivity index (χ2v) is 6.15. The van der Waals surface area contributed by atoms with Crippen LogP contribution in [-0.4, -0.2) is 18.2 Å². The average Bonchev–Trinajstić information content (AvgIpc) is 2.46. The van der Waals surface area contributed by atoms with Gasteiger partial charge in [-0.3, -0.25) is 4.79 Å². The molecule has 20 heavy (non-hydrogen) atoms. The maximum atomic E-state index is 11.4. The van der Waals surface area contributed by atoms with Crippen molar-refractivity contribution in [3.05, 3.63) is 34.9 Å². The van der Waals surface area contributed by atoms with E-state index >= 15 is 0 Å². The number of aliphatic carboxylic acids is 1. The maximum Gasteiger partial charge on any atom is 0.309 e. The lowest BCUT2D eigenvalue weighted by atomic mass is 9.68. The summed E-state index contributed by atoms with van der Waals surface area (Å²) < 4.78 is 5.29. The standard InChI is InChI=1S/C17H20O3/c1-17(16(18)19)8-7-15-12(10-17)4-3-11-9-13(20-2)5-6-14(11)15/h5-6,9H,3-4,7-8,10H2,1-2H3,(H,18,19). The molecule has 3 rings (SSSR count). The van der Waals surface area contributed by atoms with E-state index in [1.807, 2.05) is 13.0 Å². The number of aryl methyl sites for hydroxylation is 1. The molecule has 2 aliphatic carbocycles. The molecule has 1 atom stereocenters. The number of hydrogen-bond acceptors (Lipinski definition) is 2. The zero-order chi connectivity index (χ0) is 14.3. The van der Waals surface area contributed by atoms with Gasteiger partial charge in [-0.15, -0.1) is 0 Å². The highest BCUT2D eigenvalue weighted by Crippen LogP contribution is 2.47. The van der Waals surface area contributed by atoms with Gasteiger partial charge in [0.05, 0.1) is 12.5 Å². The predicted octanol–water partition coefficient (Wildman–Crippen LogP) is 3.67. The molecule has 1 aromatic rings. The molecular formula is C17H20O3. The Bertz CT molecular complexity index is 600. The van der Waals surface area contributed by atoms with Gasteiger partial charge in [0.25, 0.3) is 0 Å². The van der Waals surface area contributed by atoms with E-state index in [1.54, 1.807) is 7.11 Å². The summed E-state index contributed by atoms with van der Waals surface area (Å²) in [4.78, 5) is 11.4. The van der Waals surface area contributed by atoms with Crippen LogP contribution in [0.1, 0.15) is 43.7 Å². The summed E-state index contributed by atoms with van der Waals surface area (Å²) in [7, 11) is 1.69. The summed E-state index contributed by atoms with van der Waals surface area (Å²) in [6.45, 7) is 1.88. The van der Waals surface area contributed by atoms with Crippen molar-refractivity contribution < 1.29 is 14.6 Å². The molecule has 0 radical (unpaired) electrons. The van der Waals surface area contributed by atoms with Crippen LogP contribution in [0.2, 0.25) is 0 Å². The molecule has 3 heteroatoms. The molecule has 0 aromatic heterocycles. The van der Waals surface area contributed by atoms with Crippen LogP contribution in [0.3, 0.4) is 0 Å². The molecule has 1 N–H and O–H groups in total. The van der Waals surface area contributed by atoms with E-state index in [1.165, 1.54) is 22.3 Å². The van der Waals surface area contributed by atoms with Crippen LogP contribution in [0.25, 0.3) is 5.57 Å². The number of hydrogen-bond donors (Lipinski definition) is 1. The first-order valence-corrected chi connectivity index (χ1v) is 7.15. The molecule has 2 aliphatic rings. The molecule has 0 saturated carbocycles. The first kappa shape index (κ1) is 13.2. The smallest absolute Gasteiger partial charge is 0.309 e. The molecule has 1 unspecified atom stereocenters. The van der Waals surface area contributed by atoms with E-state index < -0.39 is 11.4 Å². The van der Waals surface area contributed by atoms with Gasteiger partial charge in [0.2, 0.25) is 0 Å². The summed E-state index contributed by atoms with van der Waals surface area (Å²) in [6, 6.07) is 6.25. The number of carboxylic acid groups (broad SMARTS) is 1. The number of fused-ring (bicyclic) bond motifs is 2. The van der Waals surface area contributed by atoms with Gasteiger partial charge in [0, 0.05) is 0 Å². The number of carbonyl (C=O) groups is 1. The lowest BCUT2D eigenvalue weighted by Gasteiger charge is -2.36. The topological polar surface area (TPSA) is 46.5 Å². The first-order chi connectivity index (χ1) is 9.53. The Kier molecular flexibility index (Phi) is 3.08. The quantitative estimate of drug-likeness (QED) is 0.893. The van der Waals surface area contributed by atoms with Gasteiger partial charge in [-0.05, 0) is 67.9 Å². The number of rotatable bonds is 2. The molecule has 0 fully saturated rings. The molecule has 0 spiro atoms. The molecular weight excluding hydrogens is 252 g/mol. The van der Waals surface area contributed by atoms with Crippen molar-refractivity contribution in [2.45, 2.75) is 39.0 Å². The average molecular weight is 272 g/mol. The van der Waals surface area contributed by atoms with Crippen LogP contribution >= 0.6 is 0 Å². The van der Waals surface area contributed by atoms with E-state index in [9.17, 15) is 9.90 Å². The fourth-order valence-corrected chi connectivity index (χ4v) is 3.47. The van der Waals surface area contributed by atoms with Crippen LogP contribution < -0.4 is 4.74 Å². The van der Waals surface area contributed by atoms with Crippen molar-refractivity contribution in [3.8, 4) is 5.75 Å². The van der Waals surface area contributed by atoms with Gasteiger partial charge in [0.15, 0.2) is 0 Å².